The number of nitrogen functional groups attached to an aromatic ring is 1. The van der Waals surface area contributed by atoms with Gasteiger partial charge in [-0.25, -0.2) is 9.48 Å². The monoisotopic (exact) mass is 263 g/mol. The number of anilines is 1. The van der Waals surface area contributed by atoms with Crippen LogP contribution in [0.1, 0.15) is 13.0 Å². The molecule has 4 N–H and O–H groups in total. The lowest BCUT2D eigenvalue weighted by Gasteiger charge is -2.16. The quantitative estimate of drug-likeness (QED) is 0.659. The number of aliphatic hydroxyl groups excluding tert-OH is 1. The first-order chi connectivity index (χ1) is 9.00. The van der Waals surface area contributed by atoms with Crippen LogP contribution in [-0.2, 0) is 4.79 Å². The number of hydrogen-bond donors (Lipinski definition) is 3. The lowest BCUT2D eigenvalue weighted by molar-refractivity contribution is -0.144. The van der Waals surface area contributed by atoms with E-state index in [2.05, 4.69) is 15.5 Å². The second kappa shape index (κ2) is 5.02. The molecule has 0 saturated heterocycles. The molecule has 0 amide bonds. The molecule has 0 fully saturated rings. The van der Waals surface area contributed by atoms with Crippen LogP contribution in [0.3, 0.4) is 0 Å². The van der Waals surface area contributed by atoms with Gasteiger partial charge in [0.05, 0.1) is 6.10 Å². The number of nitrogens with two attached hydrogens (primary N) is 1. The molecule has 0 spiro atoms. The second-order valence-electron chi connectivity index (χ2n) is 4.10. The molecule has 2 atom stereocenters. The highest BCUT2D eigenvalue weighted by Crippen LogP contribution is 2.22. The number of aliphatic hydroxyl groups is 1. The summed E-state index contributed by atoms with van der Waals surface area (Å²) < 4.78 is 1.07. The fourth-order valence-corrected chi connectivity index (χ4v) is 1.76. The van der Waals surface area contributed by atoms with Crippen molar-refractivity contribution in [3.63, 3.8) is 0 Å². The number of carboxylic acid groups (broad SMARTS) is 1. The van der Waals surface area contributed by atoms with Gasteiger partial charge in [-0.2, -0.15) is 0 Å². The third-order valence-corrected chi connectivity index (χ3v) is 2.61. The molecule has 0 aliphatic rings. The molecule has 0 radical (unpaired) electrons. The highest BCUT2D eigenvalue weighted by Gasteiger charge is 2.29. The maximum Gasteiger partial charge on any atom is 0.331 e. The van der Waals surface area contributed by atoms with Crippen molar-refractivity contribution in [2.75, 3.05) is 5.73 Å². The van der Waals surface area contributed by atoms with E-state index in [0.29, 0.717) is 11.3 Å². The van der Waals surface area contributed by atoms with Crippen molar-refractivity contribution in [1.82, 2.24) is 20.2 Å². The first kappa shape index (κ1) is 13.0. The molecule has 1 aromatic heterocycles. The summed E-state index contributed by atoms with van der Waals surface area (Å²) >= 11 is 0. The van der Waals surface area contributed by atoms with E-state index in [4.69, 9.17) is 10.8 Å². The molecule has 8 heteroatoms. The fourth-order valence-electron chi connectivity index (χ4n) is 1.76. The van der Waals surface area contributed by atoms with Gasteiger partial charge in [-0.05, 0) is 29.5 Å². The van der Waals surface area contributed by atoms with Crippen LogP contribution in [0.2, 0.25) is 0 Å². The average Bonchev–Trinajstić information content (AvgIpc) is 2.77. The first-order valence-electron chi connectivity index (χ1n) is 5.55. The van der Waals surface area contributed by atoms with E-state index in [9.17, 15) is 9.90 Å². The Hall–Kier alpha value is -2.48. The zero-order valence-corrected chi connectivity index (χ0v) is 10.1. The summed E-state index contributed by atoms with van der Waals surface area (Å²) in [5.74, 6) is -0.979. The first-order valence-corrected chi connectivity index (χ1v) is 5.55. The van der Waals surface area contributed by atoms with Crippen LogP contribution in [-0.4, -0.2) is 42.5 Å². The summed E-state index contributed by atoms with van der Waals surface area (Å²) in [6, 6.07) is 5.48. The van der Waals surface area contributed by atoms with Gasteiger partial charge in [0.15, 0.2) is 11.9 Å². The van der Waals surface area contributed by atoms with Crippen LogP contribution in [0.25, 0.3) is 11.4 Å². The molecule has 2 aromatic rings. The molecule has 1 heterocycles. The van der Waals surface area contributed by atoms with Crippen LogP contribution >= 0.6 is 0 Å². The summed E-state index contributed by atoms with van der Waals surface area (Å²) in [4.78, 5) is 11.2. The predicted octanol–water partition coefficient (Wildman–Crippen LogP) is -0.0712. The van der Waals surface area contributed by atoms with Crippen LogP contribution < -0.4 is 5.73 Å². The van der Waals surface area contributed by atoms with Gasteiger partial charge >= 0.3 is 5.97 Å². The van der Waals surface area contributed by atoms with Gasteiger partial charge in [0, 0.05) is 11.3 Å². The van der Waals surface area contributed by atoms with Gasteiger partial charge in [-0.1, -0.05) is 12.1 Å². The van der Waals surface area contributed by atoms with Crippen molar-refractivity contribution in [3.8, 4) is 11.4 Å². The molecule has 1 aromatic carbocycles. The Balaban J connectivity index is 2.50. The maximum atomic E-state index is 11.2. The lowest BCUT2D eigenvalue weighted by Crippen LogP contribution is -2.30. The Kier molecular flexibility index (Phi) is 3.43. The van der Waals surface area contributed by atoms with Gasteiger partial charge < -0.3 is 15.9 Å². The standard InChI is InChI=1S/C11H13N5O3/c1-6(17)9(11(18)19)16-10(13-14-15-16)7-3-2-4-8(12)5-7/h2-6,9,17H,12H2,1H3,(H,18,19). The van der Waals surface area contributed by atoms with Crippen molar-refractivity contribution < 1.29 is 15.0 Å². The number of benzene rings is 1. The summed E-state index contributed by atoms with van der Waals surface area (Å²) in [5.41, 5.74) is 6.76. The normalized spacial score (nSPS) is 14.0. The Labute approximate surface area is 108 Å². The third-order valence-electron chi connectivity index (χ3n) is 2.61. The van der Waals surface area contributed by atoms with E-state index in [0.717, 1.165) is 4.68 Å². The summed E-state index contributed by atoms with van der Waals surface area (Å²) in [5, 5.41) is 29.6. The molecule has 0 bridgehead atoms. The number of carboxylic acids is 1. The number of hydrogen-bond acceptors (Lipinski definition) is 6. The summed E-state index contributed by atoms with van der Waals surface area (Å²) in [7, 11) is 0. The lowest BCUT2D eigenvalue weighted by atomic mass is 10.1. The smallest absolute Gasteiger partial charge is 0.331 e. The highest BCUT2D eigenvalue weighted by molar-refractivity contribution is 5.73. The van der Waals surface area contributed by atoms with E-state index in [1.807, 2.05) is 0 Å². The predicted molar refractivity (Wildman–Crippen MR) is 66.0 cm³/mol. The highest BCUT2D eigenvalue weighted by atomic mass is 16.4. The van der Waals surface area contributed by atoms with E-state index >= 15 is 0 Å². The van der Waals surface area contributed by atoms with E-state index in [1.165, 1.54) is 6.92 Å². The molecule has 0 aliphatic carbocycles. The van der Waals surface area contributed by atoms with Gasteiger partial charge in [0.1, 0.15) is 0 Å². The molecular weight excluding hydrogens is 250 g/mol. The van der Waals surface area contributed by atoms with E-state index < -0.39 is 18.1 Å². The van der Waals surface area contributed by atoms with Crippen LogP contribution in [0.15, 0.2) is 24.3 Å². The van der Waals surface area contributed by atoms with Gasteiger partial charge in [0.25, 0.3) is 0 Å². The molecule has 2 rings (SSSR count). The fraction of sp³-hybridized carbons (Fsp3) is 0.273. The number of rotatable bonds is 4. The topological polar surface area (TPSA) is 127 Å². The minimum atomic E-state index is -1.26. The van der Waals surface area contributed by atoms with Crippen molar-refractivity contribution in [2.45, 2.75) is 19.1 Å². The minimum absolute atomic E-state index is 0.237. The molecule has 0 saturated carbocycles. The Morgan fingerprint density at radius 3 is 2.79 bits per heavy atom. The number of aromatic nitrogens is 4. The van der Waals surface area contributed by atoms with Crippen molar-refractivity contribution in [3.05, 3.63) is 24.3 Å². The largest absolute Gasteiger partial charge is 0.480 e. The number of carbonyl (C=O) groups is 1. The molecule has 8 nitrogen and oxygen atoms in total. The van der Waals surface area contributed by atoms with Crippen molar-refractivity contribution in [2.24, 2.45) is 0 Å². The van der Waals surface area contributed by atoms with E-state index in [1.54, 1.807) is 24.3 Å². The van der Waals surface area contributed by atoms with Crippen LogP contribution in [0, 0.1) is 0 Å². The summed E-state index contributed by atoms with van der Waals surface area (Å²) in [6.07, 6.45) is -1.14. The number of tetrazole rings is 1. The SMILES string of the molecule is CC(O)C(C(=O)O)n1nnnc1-c1cccc(N)c1. The molecule has 0 aliphatic heterocycles. The van der Waals surface area contributed by atoms with Gasteiger partial charge in [0.2, 0.25) is 0 Å². The molecular formula is C11H13N5O3. The van der Waals surface area contributed by atoms with Gasteiger partial charge in [-0.15, -0.1) is 5.10 Å². The maximum absolute atomic E-state index is 11.2. The van der Waals surface area contributed by atoms with Crippen LogP contribution in [0.5, 0.6) is 0 Å². The number of nitrogens with zero attached hydrogens (tertiary/aromatic N) is 4. The van der Waals surface area contributed by atoms with Gasteiger partial charge in [-0.3, -0.25) is 0 Å². The zero-order chi connectivity index (χ0) is 14.0. The Morgan fingerprint density at radius 2 is 2.21 bits per heavy atom. The molecule has 2 unspecified atom stereocenters. The van der Waals surface area contributed by atoms with Crippen LogP contribution in [0.4, 0.5) is 5.69 Å². The minimum Gasteiger partial charge on any atom is -0.480 e. The molecule has 100 valence electrons. The van der Waals surface area contributed by atoms with E-state index in [-0.39, 0.29) is 5.82 Å². The Morgan fingerprint density at radius 1 is 1.47 bits per heavy atom. The average molecular weight is 263 g/mol. The van der Waals surface area contributed by atoms with Crippen molar-refractivity contribution >= 4 is 11.7 Å². The third kappa shape index (κ3) is 2.52. The van der Waals surface area contributed by atoms with Crippen molar-refractivity contribution in [1.29, 1.82) is 0 Å². The number of aliphatic carboxylic acids is 1. The molecule has 19 heavy (non-hydrogen) atoms. The zero-order valence-electron chi connectivity index (χ0n) is 10.1. The summed E-state index contributed by atoms with van der Waals surface area (Å²) in [6.45, 7) is 1.36. The second-order valence-corrected chi connectivity index (χ2v) is 4.10. The Bertz CT molecular complexity index is 596.